The number of nitrogens with one attached hydrogen (secondary N) is 1. The maximum Gasteiger partial charge on any atom is 0.308 e. The molecule has 0 aliphatic heterocycles. The fraction of sp³-hybridized carbons (Fsp3) is 0.235. The van der Waals surface area contributed by atoms with E-state index in [0.717, 1.165) is 22.4 Å². The Morgan fingerprint density at radius 3 is 2.58 bits per heavy atom. The first-order valence-electron chi connectivity index (χ1n) is 7.68. The Morgan fingerprint density at radius 2 is 1.88 bits per heavy atom. The van der Waals surface area contributed by atoms with Crippen LogP contribution in [0.2, 0.25) is 0 Å². The van der Waals surface area contributed by atoms with E-state index in [9.17, 15) is 13.2 Å². The van der Waals surface area contributed by atoms with Gasteiger partial charge >= 0.3 is 4.87 Å². The first-order valence-corrected chi connectivity index (χ1v) is 9.98. The predicted molar refractivity (Wildman–Crippen MR) is 97.1 cm³/mol. The van der Waals surface area contributed by atoms with Gasteiger partial charge in [0.05, 0.1) is 15.1 Å². The summed E-state index contributed by atoms with van der Waals surface area (Å²) in [5.74, 6) is 0. The standard InChI is InChI=1S/C17H18N2O3S2/c1-2-19-15-9-8-14(12-16(15)23-17(19)20)24(21,22)18-11-10-13-6-4-3-5-7-13/h3-9,12,18H,2,10-11H2,1H3. The smallest absolute Gasteiger partial charge is 0.299 e. The van der Waals surface area contributed by atoms with Gasteiger partial charge in [0.15, 0.2) is 0 Å². The van der Waals surface area contributed by atoms with Crippen LogP contribution in [0.5, 0.6) is 0 Å². The van der Waals surface area contributed by atoms with Crippen molar-refractivity contribution in [3.63, 3.8) is 0 Å². The molecule has 7 heteroatoms. The third-order valence-corrected chi connectivity index (χ3v) is 6.22. The molecule has 0 bridgehead atoms. The van der Waals surface area contributed by atoms with Crippen molar-refractivity contribution in [2.45, 2.75) is 24.8 Å². The number of aryl methyl sites for hydroxylation is 1. The number of nitrogens with zero attached hydrogens (tertiary/aromatic N) is 1. The highest BCUT2D eigenvalue weighted by Crippen LogP contribution is 2.21. The molecular formula is C17H18N2O3S2. The van der Waals surface area contributed by atoms with Gasteiger partial charge < -0.3 is 0 Å². The zero-order valence-electron chi connectivity index (χ0n) is 13.2. The largest absolute Gasteiger partial charge is 0.308 e. The van der Waals surface area contributed by atoms with E-state index in [1.165, 1.54) is 0 Å². The van der Waals surface area contributed by atoms with E-state index in [1.54, 1.807) is 22.8 Å². The van der Waals surface area contributed by atoms with Crippen LogP contribution >= 0.6 is 11.3 Å². The molecule has 2 aromatic carbocycles. The molecule has 0 radical (unpaired) electrons. The summed E-state index contributed by atoms with van der Waals surface area (Å²) in [6, 6.07) is 14.5. The number of hydrogen-bond acceptors (Lipinski definition) is 4. The highest BCUT2D eigenvalue weighted by Gasteiger charge is 2.16. The minimum atomic E-state index is -3.59. The van der Waals surface area contributed by atoms with Crippen molar-refractivity contribution >= 4 is 31.6 Å². The number of rotatable bonds is 6. The summed E-state index contributed by atoms with van der Waals surface area (Å²) in [5, 5.41) is 0. The van der Waals surface area contributed by atoms with E-state index in [-0.39, 0.29) is 9.77 Å². The number of fused-ring (bicyclic) bond motifs is 1. The van der Waals surface area contributed by atoms with Gasteiger partial charge in [-0.2, -0.15) is 0 Å². The summed E-state index contributed by atoms with van der Waals surface area (Å²) in [6.45, 7) is 2.79. The van der Waals surface area contributed by atoms with Crippen LogP contribution in [-0.4, -0.2) is 19.5 Å². The average molecular weight is 362 g/mol. The maximum absolute atomic E-state index is 12.4. The Kier molecular flexibility index (Phi) is 4.84. The zero-order valence-corrected chi connectivity index (χ0v) is 14.9. The van der Waals surface area contributed by atoms with Gasteiger partial charge in [-0.3, -0.25) is 9.36 Å². The van der Waals surface area contributed by atoms with Crippen LogP contribution in [-0.2, 0) is 23.0 Å². The molecule has 126 valence electrons. The molecule has 0 atom stereocenters. The third kappa shape index (κ3) is 3.43. The van der Waals surface area contributed by atoms with Crippen molar-refractivity contribution in [3.8, 4) is 0 Å². The summed E-state index contributed by atoms with van der Waals surface area (Å²) in [6.07, 6.45) is 0.627. The van der Waals surface area contributed by atoms with Gasteiger partial charge in [0.2, 0.25) is 10.0 Å². The van der Waals surface area contributed by atoms with Gasteiger partial charge in [-0.15, -0.1) is 0 Å². The van der Waals surface area contributed by atoms with Gasteiger partial charge in [-0.05, 0) is 37.1 Å². The average Bonchev–Trinajstić information content (AvgIpc) is 2.89. The second-order valence-corrected chi connectivity index (χ2v) is 8.14. The molecule has 0 fully saturated rings. The molecule has 24 heavy (non-hydrogen) atoms. The van der Waals surface area contributed by atoms with E-state index >= 15 is 0 Å². The molecule has 0 saturated carbocycles. The summed E-state index contributed by atoms with van der Waals surface area (Å²) >= 11 is 1.07. The van der Waals surface area contributed by atoms with Crippen molar-refractivity contribution in [2.75, 3.05) is 6.54 Å². The Labute approximate surface area is 144 Å². The molecule has 1 aromatic heterocycles. The summed E-state index contributed by atoms with van der Waals surface area (Å²) < 4.78 is 29.8. The fourth-order valence-corrected chi connectivity index (χ4v) is 4.70. The fourth-order valence-electron chi connectivity index (χ4n) is 2.57. The van der Waals surface area contributed by atoms with Crippen LogP contribution in [0.25, 0.3) is 10.2 Å². The number of hydrogen-bond donors (Lipinski definition) is 1. The molecule has 0 saturated heterocycles. The maximum atomic E-state index is 12.4. The lowest BCUT2D eigenvalue weighted by molar-refractivity contribution is 0.582. The Morgan fingerprint density at radius 1 is 1.12 bits per heavy atom. The van der Waals surface area contributed by atoms with Crippen LogP contribution in [0.1, 0.15) is 12.5 Å². The third-order valence-electron chi connectivity index (χ3n) is 3.81. The molecule has 3 aromatic rings. The Hall–Kier alpha value is -1.96. The van der Waals surface area contributed by atoms with E-state index < -0.39 is 10.0 Å². The van der Waals surface area contributed by atoms with Crippen molar-refractivity contribution in [1.29, 1.82) is 0 Å². The molecule has 0 spiro atoms. The number of aromatic nitrogens is 1. The first-order chi connectivity index (χ1) is 11.5. The number of benzene rings is 2. The van der Waals surface area contributed by atoms with Crippen LogP contribution < -0.4 is 9.60 Å². The molecule has 3 rings (SSSR count). The molecule has 0 unspecified atom stereocenters. The van der Waals surface area contributed by atoms with Gasteiger partial charge in [0.25, 0.3) is 0 Å². The van der Waals surface area contributed by atoms with E-state index in [2.05, 4.69) is 4.72 Å². The van der Waals surface area contributed by atoms with Gasteiger partial charge in [0.1, 0.15) is 0 Å². The molecule has 1 heterocycles. The van der Waals surface area contributed by atoms with E-state index in [4.69, 9.17) is 0 Å². The molecule has 5 nitrogen and oxygen atoms in total. The summed E-state index contributed by atoms with van der Waals surface area (Å²) in [4.78, 5) is 12.0. The van der Waals surface area contributed by atoms with Crippen molar-refractivity contribution < 1.29 is 8.42 Å². The van der Waals surface area contributed by atoms with E-state index in [1.807, 2.05) is 37.3 Å². The van der Waals surface area contributed by atoms with Crippen molar-refractivity contribution in [2.24, 2.45) is 0 Å². The lowest BCUT2D eigenvalue weighted by atomic mass is 10.2. The predicted octanol–water partition coefficient (Wildman–Crippen LogP) is 2.60. The Bertz CT molecular complexity index is 1010. The quantitative estimate of drug-likeness (QED) is 0.733. The first kappa shape index (κ1) is 16.9. The monoisotopic (exact) mass is 362 g/mol. The topological polar surface area (TPSA) is 68.2 Å². The minimum absolute atomic E-state index is 0.0703. The minimum Gasteiger partial charge on any atom is -0.299 e. The molecule has 0 amide bonds. The van der Waals surface area contributed by atoms with Gasteiger partial charge in [0, 0.05) is 13.1 Å². The van der Waals surface area contributed by atoms with Crippen LogP contribution in [0.4, 0.5) is 0 Å². The van der Waals surface area contributed by atoms with Crippen molar-refractivity contribution in [1.82, 2.24) is 9.29 Å². The van der Waals surface area contributed by atoms with Gasteiger partial charge in [-0.25, -0.2) is 13.1 Å². The highest BCUT2D eigenvalue weighted by atomic mass is 32.2. The summed E-state index contributed by atoms with van der Waals surface area (Å²) in [5.41, 5.74) is 1.85. The zero-order chi connectivity index (χ0) is 17.2. The van der Waals surface area contributed by atoms with Crippen LogP contribution in [0, 0.1) is 0 Å². The second kappa shape index (κ2) is 6.88. The van der Waals surface area contributed by atoms with E-state index in [0.29, 0.717) is 24.2 Å². The molecular weight excluding hydrogens is 344 g/mol. The second-order valence-electron chi connectivity index (χ2n) is 5.38. The molecule has 0 aliphatic rings. The summed E-state index contributed by atoms with van der Waals surface area (Å²) in [7, 11) is -3.59. The molecule has 0 aliphatic carbocycles. The lowest BCUT2D eigenvalue weighted by Crippen LogP contribution is -2.25. The van der Waals surface area contributed by atoms with Crippen molar-refractivity contribution in [3.05, 3.63) is 63.8 Å². The highest BCUT2D eigenvalue weighted by molar-refractivity contribution is 7.89. The van der Waals surface area contributed by atoms with Crippen LogP contribution in [0.15, 0.2) is 58.2 Å². The number of sulfonamides is 1. The van der Waals surface area contributed by atoms with Crippen LogP contribution in [0.3, 0.4) is 0 Å². The van der Waals surface area contributed by atoms with Gasteiger partial charge in [-0.1, -0.05) is 41.7 Å². The SMILES string of the molecule is CCn1c(=O)sc2cc(S(=O)(=O)NCCc3ccccc3)ccc21. The number of thiazole rings is 1. The molecule has 1 N–H and O–H groups in total. The lowest BCUT2D eigenvalue weighted by Gasteiger charge is -2.07. The Balaban J connectivity index is 1.79. The normalized spacial score (nSPS) is 11.9.